The second-order valence-corrected chi connectivity index (χ2v) is 10.1. The Kier molecular flexibility index (Phi) is 5.92. The number of rotatable bonds is 8. The summed E-state index contributed by atoms with van der Waals surface area (Å²) < 4.78 is 0. The summed E-state index contributed by atoms with van der Waals surface area (Å²) in [6.45, 7) is 5.21. The Morgan fingerprint density at radius 1 is 1.09 bits per heavy atom. The summed E-state index contributed by atoms with van der Waals surface area (Å²) in [6.07, 6.45) is 4.37. The molecule has 2 unspecified atom stereocenters. The number of carbonyl (C=O) groups excluding carboxylic acids is 3. The Hall–Kier alpha value is -3.15. The van der Waals surface area contributed by atoms with Crippen LogP contribution in [0.2, 0.25) is 0 Å². The third kappa shape index (κ3) is 3.99. The molecule has 5 rings (SSSR count). The van der Waals surface area contributed by atoms with Gasteiger partial charge in [-0.25, -0.2) is 0 Å². The van der Waals surface area contributed by atoms with Gasteiger partial charge in [-0.2, -0.15) is 0 Å². The van der Waals surface area contributed by atoms with Crippen LogP contribution in [0.15, 0.2) is 54.6 Å². The van der Waals surface area contributed by atoms with Crippen LogP contribution in [0.3, 0.4) is 0 Å². The molecule has 2 fully saturated rings. The van der Waals surface area contributed by atoms with Gasteiger partial charge in [-0.05, 0) is 63.1 Å². The Labute approximate surface area is 201 Å². The molecular weight excluding hydrogens is 426 g/mol. The van der Waals surface area contributed by atoms with Crippen molar-refractivity contribution in [2.75, 3.05) is 11.4 Å². The highest BCUT2D eigenvalue weighted by atomic mass is 16.2. The highest BCUT2D eigenvalue weighted by molar-refractivity contribution is 6.10. The lowest BCUT2D eigenvalue weighted by atomic mass is 9.97. The van der Waals surface area contributed by atoms with Gasteiger partial charge in [-0.3, -0.25) is 19.3 Å². The molecule has 3 aliphatic rings. The van der Waals surface area contributed by atoms with E-state index in [2.05, 4.69) is 19.1 Å². The zero-order chi connectivity index (χ0) is 23.9. The van der Waals surface area contributed by atoms with E-state index in [1.807, 2.05) is 53.1 Å². The number of para-hydroxylation sites is 1. The van der Waals surface area contributed by atoms with Crippen molar-refractivity contribution in [3.8, 4) is 0 Å². The monoisotopic (exact) mass is 459 g/mol. The first-order chi connectivity index (χ1) is 16.4. The average Bonchev–Trinajstić information content (AvgIpc) is 3.64. The van der Waals surface area contributed by atoms with Crippen LogP contribution >= 0.6 is 0 Å². The predicted octanol–water partition coefficient (Wildman–Crippen LogP) is 4.59. The maximum absolute atomic E-state index is 13.4. The lowest BCUT2D eigenvalue weighted by Crippen LogP contribution is -2.62. The molecule has 0 bridgehead atoms. The van der Waals surface area contributed by atoms with Crippen molar-refractivity contribution < 1.29 is 14.4 Å². The number of amides is 3. The van der Waals surface area contributed by atoms with E-state index in [4.69, 9.17) is 0 Å². The van der Waals surface area contributed by atoms with E-state index < -0.39 is 5.66 Å². The van der Waals surface area contributed by atoms with Gasteiger partial charge in [0.2, 0.25) is 11.8 Å². The molecule has 6 heteroatoms. The molecule has 6 nitrogen and oxygen atoms in total. The number of hydrogen-bond acceptors (Lipinski definition) is 3. The van der Waals surface area contributed by atoms with Gasteiger partial charge in [0.05, 0.1) is 11.3 Å². The third-order valence-corrected chi connectivity index (χ3v) is 7.83. The molecule has 1 saturated heterocycles. The highest BCUT2D eigenvalue weighted by Crippen LogP contribution is 2.44. The molecule has 0 radical (unpaired) electrons. The van der Waals surface area contributed by atoms with E-state index in [0.29, 0.717) is 55.9 Å². The molecule has 2 heterocycles. The average molecular weight is 460 g/mol. The van der Waals surface area contributed by atoms with Crippen molar-refractivity contribution in [3.05, 3.63) is 65.7 Å². The number of carbonyl (C=O) groups is 3. The fourth-order valence-electron chi connectivity index (χ4n) is 5.65. The molecule has 178 valence electrons. The van der Waals surface area contributed by atoms with E-state index in [-0.39, 0.29) is 23.8 Å². The summed E-state index contributed by atoms with van der Waals surface area (Å²) in [5.74, 6) is 0.724. The van der Waals surface area contributed by atoms with Crippen molar-refractivity contribution in [2.24, 2.45) is 5.92 Å². The van der Waals surface area contributed by atoms with E-state index in [1.54, 1.807) is 11.0 Å². The molecular formula is C28H33N3O3. The maximum Gasteiger partial charge on any atom is 0.257 e. The van der Waals surface area contributed by atoms with E-state index in [0.717, 1.165) is 5.56 Å². The maximum atomic E-state index is 13.4. The molecule has 2 aromatic rings. The molecule has 0 spiro atoms. The second-order valence-electron chi connectivity index (χ2n) is 10.1. The van der Waals surface area contributed by atoms with Crippen molar-refractivity contribution >= 4 is 23.4 Å². The van der Waals surface area contributed by atoms with Crippen LogP contribution in [-0.2, 0) is 16.1 Å². The van der Waals surface area contributed by atoms with Crippen molar-refractivity contribution in [1.29, 1.82) is 0 Å². The van der Waals surface area contributed by atoms with Crippen LogP contribution in [0.5, 0.6) is 0 Å². The van der Waals surface area contributed by atoms with Crippen LogP contribution in [0.1, 0.15) is 68.3 Å². The molecule has 0 N–H and O–H groups in total. The Morgan fingerprint density at radius 3 is 2.53 bits per heavy atom. The zero-order valence-electron chi connectivity index (χ0n) is 20.1. The van der Waals surface area contributed by atoms with E-state index >= 15 is 0 Å². The van der Waals surface area contributed by atoms with Crippen LogP contribution in [0.4, 0.5) is 5.69 Å². The van der Waals surface area contributed by atoms with Gasteiger partial charge in [-0.1, -0.05) is 42.5 Å². The SMILES string of the molecule is CC(C1CC1)N(Cc1ccccc1)C(=O)CCCN1C(=O)c2ccccc2N2C(=O)CCC12C. The summed E-state index contributed by atoms with van der Waals surface area (Å²) in [7, 11) is 0. The minimum Gasteiger partial charge on any atom is -0.335 e. The topological polar surface area (TPSA) is 60.9 Å². The summed E-state index contributed by atoms with van der Waals surface area (Å²) in [4.78, 5) is 45.2. The summed E-state index contributed by atoms with van der Waals surface area (Å²) >= 11 is 0. The third-order valence-electron chi connectivity index (χ3n) is 7.83. The number of fused-ring (bicyclic) bond motifs is 3. The quantitative estimate of drug-likeness (QED) is 0.580. The molecule has 3 amide bonds. The molecule has 0 aromatic heterocycles. The molecule has 1 saturated carbocycles. The second kappa shape index (κ2) is 8.90. The number of anilines is 1. The first-order valence-corrected chi connectivity index (χ1v) is 12.5. The van der Waals surface area contributed by atoms with E-state index in [9.17, 15) is 14.4 Å². The molecule has 1 aliphatic carbocycles. The summed E-state index contributed by atoms with van der Waals surface area (Å²) in [5.41, 5.74) is 1.74. The fraction of sp³-hybridized carbons (Fsp3) is 0.464. The van der Waals surface area contributed by atoms with Crippen molar-refractivity contribution in [1.82, 2.24) is 9.80 Å². The molecule has 2 aliphatic heterocycles. The smallest absolute Gasteiger partial charge is 0.257 e. The van der Waals surface area contributed by atoms with Crippen LogP contribution in [0, 0.1) is 5.92 Å². The minimum atomic E-state index is -0.670. The largest absolute Gasteiger partial charge is 0.335 e. The van der Waals surface area contributed by atoms with Gasteiger partial charge in [0, 0.05) is 32.0 Å². The van der Waals surface area contributed by atoms with Gasteiger partial charge in [0.1, 0.15) is 5.66 Å². The van der Waals surface area contributed by atoms with Crippen molar-refractivity contribution in [2.45, 2.75) is 70.6 Å². The summed E-state index contributed by atoms with van der Waals surface area (Å²) in [6, 6.07) is 17.7. The van der Waals surface area contributed by atoms with Crippen LogP contribution < -0.4 is 4.90 Å². The number of benzene rings is 2. The van der Waals surface area contributed by atoms with Gasteiger partial charge in [0.25, 0.3) is 5.91 Å². The highest BCUT2D eigenvalue weighted by Gasteiger charge is 2.52. The Bertz CT molecular complexity index is 1100. The lowest BCUT2D eigenvalue weighted by molar-refractivity contribution is -0.134. The fourth-order valence-corrected chi connectivity index (χ4v) is 5.65. The predicted molar refractivity (Wildman–Crippen MR) is 131 cm³/mol. The van der Waals surface area contributed by atoms with Gasteiger partial charge < -0.3 is 9.80 Å². The van der Waals surface area contributed by atoms with Crippen LogP contribution in [-0.4, -0.2) is 45.8 Å². The molecule has 34 heavy (non-hydrogen) atoms. The number of nitrogens with zero attached hydrogens (tertiary/aromatic N) is 3. The van der Waals surface area contributed by atoms with Gasteiger partial charge in [0.15, 0.2) is 0 Å². The number of hydrogen-bond donors (Lipinski definition) is 0. The zero-order valence-corrected chi connectivity index (χ0v) is 20.1. The first-order valence-electron chi connectivity index (χ1n) is 12.5. The normalized spacial score (nSPS) is 22.4. The standard InChI is InChI=1S/C28H33N3O3/c1-20(22-14-15-22)29(19-21-9-4-3-5-10-21)25(32)13-8-18-30-27(34)23-11-6-7-12-24(23)31-26(33)16-17-28(30,31)2/h3-7,9-12,20,22H,8,13-19H2,1-2H3. The minimum absolute atomic E-state index is 0.0517. The molecule has 2 aromatic carbocycles. The van der Waals surface area contributed by atoms with Crippen molar-refractivity contribution in [3.63, 3.8) is 0 Å². The van der Waals surface area contributed by atoms with Gasteiger partial charge >= 0.3 is 0 Å². The Morgan fingerprint density at radius 2 is 1.79 bits per heavy atom. The summed E-state index contributed by atoms with van der Waals surface area (Å²) in [5, 5.41) is 0. The lowest BCUT2D eigenvalue weighted by Gasteiger charge is -2.48. The van der Waals surface area contributed by atoms with Gasteiger partial charge in [-0.15, -0.1) is 0 Å². The molecule has 2 atom stereocenters. The van der Waals surface area contributed by atoms with E-state index in [1.165, 1.54) is 12.8 Å². The Balaban J connectivity index is 1.30. The van der Waals surface area contributed by atoms with Crippen LogP contribution in [0.25, 0.3) is 0 Å². The first kappa shape index (κ1) is 22.6.